The van der Waals surface area contributed by atoms with Gasteiger partial charge in [0.05, 0.1) is 13.6 Å². The van der Waals surface area contributed by atoms with Gasteiger partial charge in [0.2, 0.25) is 11.5 Å². The van der Waals surface area contributed by atoms with Crippen molar-refractivity contribution in [3.8, 4) is 0 Å². The van der Waals surface area contributed by atoms with Crippen LogP contribution < -0.4 is 5.32 Å². The van der Waals surface area contributed by atoms with Gasteiger partial charge in [-0.2, -0.15) is 0 Å². The second kappa shape index (κ2) is 10.1. The Bertz CT molecular complexity index is 1070. The van der Waals surface area contributed by atoms with Gasteiger partial charge in [0.1, 0.15) is 19.2 Å². The molecule has 0 saturated carbocycles. The molecule has 2 unspecified atom stereocenters. The Morgan fingerprint density at radius 2 is 1.65 bits per heavy atom. The highest BCUT2D eigenvalue weighted by Crippen LogP contribution is 2.32. The predicted octanol–water partition coefficient (Wildman–Crippen LogP) is 1.90. The molecule has 1 fully saturated rings. The lowest BCUT2D eigenvalue weighted by Crippen LogP contribution is -2.57. The molecule has 0 aliphatic carbocycles. The van der Waals surface area contributed by atoms with Crippen LogP contribution in [-0.4, -0.2) is 69.2 Å². The Kier molecular flexibility index (Phi) is 6.95. The van der Waals surface area contributed by atoms with E-state index < -0.39 is 17.7 Å². The number of hydrogen-bond donors (Lipinski definition) is 2. The average molecular weight is 463 g/mol. The summed E-state index contributed by atoms with van der Waals surface area (Å²) in [5.41, 5.74) is -1.05. The van der Waals surface area contributed by atoms with Crippen LogP contribution in [0.25, 0.3) is 0 Å². The third-order valence-corrected chi connectivity index (χ3v) is 6.09. The molecule has 1 saturated heterocycles. The number of nitrogens with one attached hydrogen (secondary N) is 1. The second-order valence-corrected chi connectivity index (χ2v) is 8.81. The van der Waals surface area contributed by atoms with E-state index in [0.29, 0.717) is 28.6 Å². The largest absolute Gasteiger partial charge is 0.454 e. The molecule has 2 heterocycles. The van der Waals surface area contributed by atoms with Crippen LogP contribution in [0.5, 0.6) is 0 Å². The van der Waals surface area contributed by atoms with Gasteiger partial charge in [-0.1, -0.05) is 60.7 Å². The van der Waals surface area contributed by atoms with Gasteiger partial charge in [0.25, 0.3) is 5.91 Å². The van der Waals surface area contributed by atoms with Crippen LogP contribution in [0.1, 0.15) is 24.0 Å². The highest BCUT2D eigenvalue weighted by molar-refractivity contribution is 5.89. The first-order chi connectivity index (χ1) is 16.4. The van der Waals surface area contributed by atoms with Crippen LogP contribution in [0.15, 0.2) is 73.3 Å². The molecule has 0 bridgehead atoms. The summed E-state index contributed by atoms with van der Waals surface area (Å²) in [7, 11) is 1.95. The fourth-order valence-electron chi connectivity index (χ4n) is 4.43. The Labute approximate surface area is 198 Å². The van der Waals surface area contributed by atoms with E-state index in [-0.39, 0.29) is 18.4 Å². The van der Waals surface area contributed by atoms with E-state index in [2.05, 4.69) is 20.3 Å². The van der Waals surface area contributed by atoms with Crippen LogP contribution in [0.3, 0.4) is 0 Å². The van der Waals surface area contributed by atoms with Crippen molar-refractivity contribution in [1.29, 1.82) is 0 Å². The molecule has 1 aliphatic heterocycles. The van der Waals surface area contributed by atoms with Crippen molar-refractivity contribution < 1.29 is 23.9 Å². The lowest BCUT2D eigenvalue weighted by molar-refractivity contribution is -0.909. The van der Waals surface area contributed by atoms with Crippen LogP contribution >= 0.6 is 0 Å². The van der Waals surface area contributed by atoms with Gasteiger partial charge in [-0.15, -0.1) is 0 Å². The number of likely N-dealkylation sites (tertiary alicyclic amines) is 1. The highest BCUT2D eigenvalue weighted by Gasteiger charge is 2.44. The van der Waals surface area contributed by atoms with E-state index in [9.17, 15) is 14.7 Å². The van der Waals surface area contributed by atoms with Crippen LogP contribution in [0, 0.1) is 0 Å². The molecule has 34 heavy (non-hydrogen) atoms. The fraction of sp³-hybridized carbons (Fsp3) is 0.320. The number of anilines is 1. The number of quaternary nitrogens is 1. The summed E-state index contributed by atoms with van der Waals surface area (Å²) >= 11 is 0. The molecular formula is C25H28N5O4+. The van der Waals surface area contributed by atoms with Gasteiger partial charge in [-0.25, -0.2) is 19.7 Å². The Morgan fingerprint density at radius 1 is 1.06 bits per heavy atom. The number of nitrogens with zero attached hydrogens (tertiary/aromatic N) is 4. The van der Waals surface area contributed by atoms with Crippen LogP contribution in [-0.2, 0) is 19.9 Å². The Morgan fingerprint density at radius 3 is 2.24 bits per heavy atom. The zero-order valence-corrected chi connectivity index (χ0v) is 19.0. The number of rotatable bonds is 7. The molecule has 2 atom stereocenters. The first kappa shape index (κ1) is 23.5. The minimum Gasteiger partial charge on any atom is -0.454 e. The number of aliphatic hydroxyl groups is 1. The predicted molar refractivity (Wildman–Crippen MR) is 124 cm³/mol. The first-order valence-corrected chi connectivity index (χ1v) is 11.2. The van der Waals surface area contributed by atoms with E-state index in [4.69, 9.17) is 4.74 Å². The van der Waals surface area contributed by atoms with Gasteiger partial charge >= 0.3 is 5.97 Å². The number of carbonyl (C=O) groups excluding carboxylic acids is 2. The van der Waals surface area contributed by atoms with E-state index >= 15 is 0 Å². The van der Waals surface area contributed by atoms with Gasteiger partial charge in [0, 0.05) is 6.42 Å². The normalized spacial score (nSPS) is 20.4. The van der Waals surface area contributed by atoms with Crippen LogP contribution in [0.2, 0.25) is 0 Å². The van der Waals surface area contributed by atoms with E-state index in [0.717, 1.165) is 13.0 Å². The van der Waals surface area contributed by atoms with Crippen molar-refractivity contribution in [2.24, 2.45) is 0 Å². The molecule has 2 N–H and O–H groups in total. The van der Waals surface area contributed by atoms with Crippen molar-refractivity contribution in [2.45, 2.75) is 24.5 Å². The second-order valence-electron chi connectivity index (χ2n) is 8.81. The lowest BCUT2D eigenvalue weighted by atomic mass is 9.86. The maximum atomic E-state index is 13.4. The summed E-state index contributed by atoms with van der Waals surface area (Å²) in [6.45, 7) is 1.40. The van der Waals surface area contributed by atoms with Crippen molar-refractivity contribution in [3.05, 3.63) is 84.4 Å². The van der Waals surface area contributed by atoms with Gasteiger partial charge in [-0.3, -0.25) is 10.1 Å². The number of benzene rings is 2. The monoisotopic (exact) mass is 462 g/mol. The zero-order valence-electron chi connectivity index (χ0n) is 19.0. The Balaban J connectivity index is 1.47. The van der Waals surface area contributed by atoms with Gasteiger partial charge < -0.3 is 14.3 Å². The standard InChI is InChI=1S/C25H27N5O4/c1-30(16-22(31)29-24-27-17-26-18-28-24)14-8-13-21(15-30)34-23(32)25(33,19-9-4-2-5-10-19)20-11-6-3-7-12-20/h2-7,9-12,17-18,21,33H,8,13-16H2,1H3/p+1. The average Bonchev–Trinajstić information content (AvgIpc) is 2.85. The van der Waals surface area contributed by atoms with Crippen LogP contribution in [0.4, 0.5) is 5.95 Å². The molecule has 9 heteroatoms. The number of esters is 1. The lowest BCUT2D eigenvalue weighted by Gasteiger charge is -2.41. The number of piperidine rings is 1. The van der Waals surface area contributed by atoms with Gasteiger partial charge in [0.15, 0.2) is 12.6 Å². The number of ether oxygens (including phenoxy) is 1. The SMILES string of the molecule is C[N+]1(CC(=O)Nc2ncncn2)CCCC(OC(=O)C(O)(c2ccccc2)c2ccccc2)C1. The fourth-order valence-corrected chi connectivity index (χ4v) is 4.43. The maximum absolute atomic E-state index is 13.4. The topological polar surface area (TPSA) is 114 Å². The molecule has 3 aromatic rings. The highest BCUT2D eigenvalue weighted by atomic mass is 16.6. The molecule has 0 spiro atoms. The Hall–Kier alpha value is -3.69. The summed E-state index contributed by atoms with van der Waals surface area (Å²) < 4.78 is 6.28. The summed E-state index contributed by atoms with van der Waals surface area (Å²) in [6, 6.07) is 17.6. The van der Waals surface area contributed by atoms with Crippen molar-refractivity contribution >= 4 is 17.8 Å². The number of likely N-dealkylation sites (N-methyl/N-ethyl adjacent to an activating group) is 1. The quantitative estimate of drug-likeness (QED) is 0.407. The zero-order chi connectivity index (χ0) is 24.0. The maximum Gasteiger partial charge on any atom is 0.348 e. The third-order valence-electron chi connectivity index (χ3n) is 6.09. The number of carbonyl (C=O) groups is 2. The molecule has 0 radical (unpaired) electrons. The summed E-state index contributed by atoms with van der Waals surface area (Å²) in [5.74, 6) is -0.758. The first-order valence-electron chi connectivity index (χ1n) is 11.2. The van der Waals surface area contributed by atoms with Crippen molar-refractivity contribution in [3.63, 3.8) is 0 Å². The van der Waals surface area contributed by atoms with Gasteiger partial charge in [-0.05, 0) is 17.5 Å². The van der Waals surface area contributed by atoms with Crippen molar-refractivity contribution in [2.75, 3.05) is 32.0 Å². The number of amides is 1. The molecule has 2 aromatic carbocycles. The number of hydrogen-bond acceptors (Lipinski definition) is 7. The minimum absolute atomic E-state index is 0.182. The molecule has 1 aromatic heterocycles. The van der Waals surface area contributed by atoms with E-state index in [1.165, 1.54) is 12.7 Å². The number of aromatic nitrogens is 3. The smallest absolute Gasteiger partial charge is 0.348 e. The summed E-state index contributed by atoms with van der Waals surface area (Å²) in [5, 5.41) is 14.3. The summed E-state index contributed by atoms with van der Waals surface area (Å²) in [4.78, 5) is 37.6. The summed E-state index contributed by atoms with van der Waals surface area (Å²) in [6.07, 6.45) is 3.64. The minimum atomic E-state index is -1.93. The van der Waals surface area contributed by atoms with Crippen molar-refractivity contribution in [1.82, 2.24) is 15.0 Å². The molecule has 176 valence electrons. The molecular weight excluding hydrogens is 434 g/mol. The molecule has 1 amide bonds. The molecule has 1 aliphatic rings. The molecule has 4 rings (SSSR count). The van der Waals surface area contributed by atoms with E-state index in [1.807, 2.05) is 19.2 Å². The molecule has 9 nitrogen and oxygen atoms in total. The third kappa shape index (κ3) is 5.27. The van der Waals surface area contributed by atoms with E-state index in [1.54, 1.807) is 48.5 Å².